The fourth-order valence-electron chi connectivity index (χ4n) is 6.83. The molecule has 1 heterocycles. The molecule has 0 saturated carbocycles. The second kappa shape index (κ2) is 12.1. The average Bonchev–Trinajstić information content (AvgIpc) is 3.47. The van der Waals surface area contributed by atoms with Crippen molar-refractivity contribution in [2.45, 2.75) is 26.1 Å². The zero-order valence-electron chi connectivity index (χ0n) is 26.1. The highest BCUT2D eigenvalue weighted by Crippen LogP contribution is 2.54. The highest BCUT2D eigenvalue weighted by molar-refractivity contribution is 6.24. The Labute approximate surface area is 269 Å². The molecule has 228 valence electrons. The number of non-ortho nitro benzene ring substituents is 1. The molecule has 1 aliphatic heterocycles. The van der Waals surface area contributed by atoms with Gasteiger partial charge in [-0.15, -0.1) is 0 Å². The van der Waals surface area contributed by atoms with E-state index in [2.05, 4.69) is 96.8 Å². The van der Waals surface area contributed by atoms with Crippen LogP contribution in [0.2, 0.25) is 0 Å². The maximum atomic E-state index is 11.9. The number of aryl methyl sites for hydroxylation is 1. The number of nitro benzene ring substituents is 1. The minimum absolute atomic E-state index is 0.0648. The largest absolute Gasteiger partial charge is 0.493 e. The zero-order valence-corrected chi connectivity index (χ0v) is 26.1. The monoisotopic (exact) mass is 606 g/mol. The Morgan fingerprint density at radius 1 is 0.804 bits per heavy atom. The van der Waals surface area contributed by atoms with Crippen molar-refractivity contribution < 1.29 is 14.4 Å². The number of benzene rings is 5. The third-order valence-corrected chi connectivity index (χ3v) is 8.97. The van der Waals surface area contributed by atoms with Crippen molar-refractivity contribution in [2.24, 2.45) is 0 Å². The summed E-state index contributed by atoms with van der Waals surface area (Å²) in [4.78, 5) is 14.1. The van der Waals surface area contributed by atoms with Gasteiger partial charge in [-0.05, 0) is 80.8 Å². The first kappa shape index (κ1) is 29.3. The Morgan fingerprint density at radius 2 is 1.52 bits per heavy atom. The van der Waals surface area contributed by atoms with Crippen LogP contribution in [0.1, 0.15) is 50.5 Å². The minimum atomic E-state index is -0.331. The smallest absolute Gasteiger partial charge is 0.270 e. The molecule has 1 aliphatic carbocycles. The highest BCUT2D eigenvalue weighted by atomic mass is 16.6. The summed E-state index contributed by atoms with van der Waals surface area (Å²) >= 11 is 0. The van der Waals surface area contributed by atoms with Crippen LogP contribution >= 0.6 is 0 Å². The lowest BCUT2D eigenvalue weighted by Crippen LogP contribution is -2.34. The van der Waals surface area contributed by atoms with Crippen LogP contribution in [0.4, 0.5) is 5.69 Å². The molecule has 1 atom stereocenters. The minimum Gasteiger partial charge on any atom is -0.493 e. The lowest BCUT2D eigenvalue weighted by atomic mass is 9.78. The van der Waals surface area contributed by atoms with Gasteiger partial charge in [0.25, 0.3) is 5.69 Å². The predicted molar refractivity (Wildman–Crippen MR) is 183 cm³/mol. The van der Waals surface area contributed by atoms with Crippen LogP contribution in [0.5, 0.6) is 11.5 Å². The summed E-state index contributed by atoms with van der Waals surface area (Å²) < 4.78 is 11.7. The molecular weight excluding hydrogens is 572 g/mol. The van der Waals surface area contributed by atoms with Gasteiger partial charge in [-0.25, -0.2) is 0 Å². The van der Waals surface area contributed by atoms with E-state index in [9.17, 15) is 10.1 Å². The molecule has 6 nitrogen and oxygen atoms in total. The van der Waals surface area contributed by atoms with Gasteiger partial charge in [-0.1, -0.05) is 96.6 Å². The van der Waals surface area contributed by atoms with Crippen LogP contribution in [-0.4, -0.2) is 24.0 Å². The summed E-state index contributed by atoms with van der Waals surface area (Å²) in [7, 11) is 3.33. The second-order valence-corrected chi connectivity index (χ2v) is 11.8. The molecule has 5 aromatic rings. The molecule has 0 N–H and O–H groups in total. The Hall–Kier alpha value is -5.46. The number of ether oxygens (including phenoxy) is 2. The molecule has 0 amide bonds. The van der Waals surface area contributed by atoms with E-state index >= 15 is 0 Å². The van der Waals surface area contributed by atoms with Crippen molar-refractivity contribution in [2.75, 3.05) is 14.2 Å². The molecule has 46 heavy (non-hydrogen) atoms. The standard InChI is InChI=1S/C40H34N2O4/c1-26-16-18-28(19-17-26)40-39(38-33-15-8-7-12-30(33)21-34(38)29-13-9-14-32(20-29)42(43)44)35-23-37(46-3)36(45-2)22-31(35)25-41(40)24-27-10-5-4-6-11-27/h4-23,40H,24-25H2,1-3H3/b39-38-. The number of fused-ring (bicyclic) bond motifs is 2. The highest BCUT2D eigenvalue weighted by Gasteiger charge is 2.38. The van der Waals surface area contributed by atoms with Crippen molar-refractivity contribution in [1.29, 1.82) is 0 Å². The predicted octanol–water partition coefficient (Wildman–Crippen LogP) is 9.14. The molecule has 0 spiro atoms. The van der Waals surface area contributed by atoms with Crippen molar-refractivity contribution >= 4 is 28.5 Å². The summed E-state index contributed by atoms with van der Waals surface area (Å²) in [5.41, 5.74) is 12.0. The number of nitro groups is 1. The molecule has 2 aliphatic rings. The Balaban J connectivity index is 1.57. The summed E-state index contributed by atoms with van der Waals surface area (Å²) in [6, 6.07) is 38.7. The van der Waals surface area contributed by atoms with Crippen LogP contribution in [0.25, 0.3) is 22.8 Å². The SMILES string of the molecule is COc1cc2c(cc1OC)/C(=C1/C(c3cccc([N+](=O)[O-])c3)=Cc3ccccc31)C(c1ccc(C)cc1)N(Cc1ccccc1)C2. The lowest BCUT2D eigenvalue weighted by Gasteiger charge is -2.41. The van der Waals surface area contributed by atoms with Gasteiger partial charge in [0.2, 0.25) is 0 Å². The third kappa shape index (κ3) is 5.27. The number of allylic oxidation sites excluding steroid dienone is 2. The molecule has 0 fully saturated rings. The summed E-state index contributed by atoms with van der Waals surface area (Å²) in [6.45, 7) is 3.52. The first-order valence-electron chi connectivity index (χ1n) is 15.4. The van der Waals surface area contributed by atoms with Crippen LogP contribution in [0.3, 0.4) is 0 Å². The fraction of sp³-hybridized carbons (Fsp3) is 0.150. The summed E-state index contributed by atoms with van der Waals surface area (Å²) in [5, 5.41) is 11.9. The van der Waals surface area contributed by atoms with Crippen LogP contribution < -0.4 is 9.47 Å². The van der Waals surface area contributed by atoms with Gasteiger partial charge in [-0.3, -0.25) is 15.0 Å². The van der Waals surface area contributed by atoms with Crippen LogP contribution in [-0.2, 0) is 13.1 Å². The van der Waals surface area contributed by atoms with Gasteiger partial charge in [0.15, 0.2) is 11.5 Å². The number of hydrogen-bond acceptors (Lipinski definition) is 5. The van der Waals surface area contributed by atoms with E-state index in [0.29, 0.717) is 18.0 Å². The maximum absolute atomic E-state index is 11.9. The first-order chi connectivity index (χ1) is 22.4. The second-order valence-electron chi connectivity index (χ2n) is 11.8. The molecule has 5 aromatic carbocycles. The number of methoxy groups -OCH3 is 2. The Bertz CT molecular complexity index is 2010. The maximum Gasteiger partial charge on any atom is 0.270 e. The lowest BCUT2D eigenvalue weighted by molar-refractivity contribution is -0.384. The van der Waals surface area contributed by atoms with E-state index < -0.39 is 0 Å². The van der Waals surface area contributed by atoms with Gasteiger partial charge in [-0.2, -0.15) is 0 Å². The van der Waals surface area contributed by atoms with E-state index in [4.69, 9.17) is 9.47 Å². The molecule has 7 rings (SSSR count). The molecule has 0 aromatic heterocycles. The van der Waals surface area contributed by atoms with Gasteiger partial charge in [0, 0.05) is 25.2 Å². The third-order valence-electron chi connectivity index (χ3n) is 8.97. The van der Waals surface area contributed by atoms with Gasteiger partial charge < -0.3 is 9.47 Å². The van der Waals surface area contributed by atoms with E-state index in [1.54, 1.807) is 32.4 Å². The summed E-state index contributed by atoms with van der Waals surface area (Å²) in [6.07, 6.45) is 2.17. The molecular formula is C40H34N2O4. The zero-order chi connectivity index (χ0) is 31.8. The Morgan fingerprint density at radius 3 is 2.26 bits per heavy atom. The van der Waals surface area contributed by atoms with E-state index in [1.807, 2.05) is 18.2 Å². The van der Waals surface area contributed by atoms with Gasteiger partial charge in [0.1, 0.15) is 0 Å². The molecule has 0 radical (unpaired) electrons. The fourth-order valence-corrected chi connectivity index (χ4v) is 6.83. The van der Waals surface area contributed by atoms with Gasteiger partial charge in [0.05, 0.1) is 25.2 Å². The quantitative estimate of drug-likeness (QED) is 0.137. The van der Waals surface area contributed by atoms with E-state index in [1.165, 1.54) is 16.7 Å². The number of hydrogen-bond donors (Lipinski definition) is 0. The Kier molecular flexibility index (Phi) is 7.73. The normalized spacial score (nSPS) is 17.2. The van der Waals surface area contributed by atoms with Crippen LogP contribution in [0.15, 0.2) is 115 Å². The molecule has 6 heteroatoms. The van der Waals surface area contributed by atoms with E-state index in [0.717, 1.165) is 51.1 Å². The number of nitrogens with zero attached hydrogens (tertiary/aromatic N) is 2. The van der Waals surface area contributed by atoms with Gasteiger partial charge >= 0.3 is 0 Å². The van der Waals surface area contributed by atoms with Crippen molar-refractivity contribution in [3.05, 3.63) is 170 Å². The van der Waals surface area contributed by atoms with Crippen molar-refractivity contribution in [3.8, 4) is 11.5 Å². The molecule has 0 saturated heterocycles. The average molecular weight is 607 g/mol. The van der Waals surface area contributed by atoms with Crippen molar-refractivity contribution in [1.82, 2.24) is 4.90 Å². The number of rotatable bonds is 7. The first-order valence-corrected chi connectivity index (χ1v) is 15.4. The topological polar surface area (TPSA) is 64.8 Å². The van der Waals surface area contributed by atoms with Crippen LogP contribution in [0, 0.1) is 17.0 Å². The summed E-state index contributed by atoms with van der Waals surface area (Å²) in [5.74, 6) is 1.34. The molecule has 0 bridgehead atoms. The molecule has 1 unspecified atom stereocenters. The van der Waals surface area contributed by atoms with Crippen molar-refractivity contribution in [3.63, 3.8) is 0 Å². The van der Waals surface area contributed by atoms with E-state index in [-0.39, 0.29) is 16.7 Å².